The van der Waals surface area contributed by atoms with Gasteiger partial charge < -0.3 is 0 Å². The molecule has 0 amide bonds. The number of benzene rings is 2. The van der Waals surface area contributed by atoms with Crippen molar-refractivity contribution in [3.63, 3.8) is 0 Å². The molecule has 94 valence electrons. The van der Waals surface area contributed by atoms with Crippen LogP contribution in [-0.2, 0) is 6.42 Å². The van der Waals surface area contributed by atoms with Crippen LogP contribution in [-0.4, -0.2) is 0 Å². The molecular formula is C15H13Br2F. The molecule has 0 nitrogen and oxygen atoms in total. The van der Waals surface area contributed by atoms with Crippen molar-refractivity contribution in [1.29, 1.82) is 0 Å². The van der Waals surface area contributed by atoms with E-state index >= 15 is 0 Å². The van der Waals surface area contributed by atoms with Crippen molar-refractivity contribution >= 4 is 31.9 Å². The predicted molar refractivity (Wildman–Crippen MR) is 80.5 cm³/mol. The van der Waals surface area contributed by atoms with Gasteiger partial charge in [0, 0.05) is 9.30 Å². The minimum atomic E-state index is -0.190. The van der Waals surface area contributed by atoms with Crippen molar-refractivity contribution in [2.75, 3.05) is 0 Å². The number of hydrogen-bond acceptors (Lipinski definition) is 0. The molecule has 0 radical (unpaired) electrons. The van der Waals surface area contributed by atoms with Gasteiger partial charge in [0.1, 0.15) is 5.82 Å². The lowest BCUT2D eigenvalue weighted by Gasteiger charge is -2.10. The molecular weight excluding hydrogens is 359 g/mol. The molecule has 2 rings (SSSR count). The number of hydrogen-bond donors (Lipinski definition) is 0. The van der Waals surface area contributed by atoms with E-state index in [0.717, 1.165) is 22.9 Å². The van der Waals surface area contributed by atoms with Gasteiger partial charge in [-0.2, -0.15) is 0 Å². The van der Waals surface area contributed by atoms with E-state index in [1.165, 1.54) is 11.6 Å². The van der Waals surface area contributed by atoms with Gasteiger partial charge in [-0.1, -0.05) is 62.2 Å². The molecule has 0 heterocycles. The maximum absolute atomic E-state index is 13.2. The summed E-state index contributed by atoms with van der Waals surface area (Å²) in [6.07, 6.45) is 1.79. The molecule has 0 saturated heterocycles. The fourth-order valence-electron chi connectivity index (χ4n) is 1.88. The molecule has 0 N–H and O–H groups in total. The zero-order valence-corrected chi connectivity index (χ0v) is 12.9. The average Bonchev–Trinajstić information content (AvgIpc) is 2.36. The first-order valence-electron chi connectivity index (χ1n) is 5.79. The van der Waals surface area contributed by atoms with Gasteiger partial charge in [0.05, 0.1) is 0 Å². The summed E-state index contributed by atoms with van der Waals surface area (Å²) >= 11 is 6.99. The SMILES string of the molecule is Fc1cc(Br)cc(CCC(Br)c2ccccc2)c1. The minimum absolute atomic E-state index is 0.190. The fourth-order valence-corrected chi connectivity index (χ4v) is 2.92. The van der Waals surface area contributed by atoms with Crippen molar-refractivity contribution in [1.82, 2.24) is 0 Å². The van der Waals surface area contributed by atoms with Gasteiger partial charge in [-0.25, -0.2) is 4.39 Å². The van der Waals surface area contributed by atoms with Crippen LogP contribution in [0.5, 0.6) is 0 Å². The topological polar surface area (TPSA) is 0 Å². The van der Waals surface area contributed by atoms with E-state index in [4.69, 9.17) is 0 Å². The highest BCUT2D eigenvalue weighted by atomic mass is 79.9. The molecule has 18 heavy (non-hydrogen) atoms. The summed E-state index contributed by atoms with van der Waals surface area (Å²) < 4.78 is 14.0. The third-order valence-electron chi connectivity index (χ3n) is 2.77. The minimum Gasteiger partial charge on any atom is -0.207 e. The molecule has 0 aliphatic heterocycles. The third kappa shape index (κ3) is 3.92. The van der Waals surface area contributed by atoms with Crippen LogP contribution >= 0.6 is 31.9 Å². The maximum atomic E-state index is 13.2. The Bertz CT molecular complexity index is 491. The Labute approximate surface area is 123 Å². The van der Waals surface area contributed by atoms with Crippen LogP contribution in [0.15, 0.2) is 53.0 Å². The summed E-state index contributed by atoms with van der Waals surface area (Å²) in [6, 6.07) is 15.3. The Hall–Kier alpha value is -0.670. The largest absolute Gasteiger partial charge is 0.207 e. The van der Waals surface area contributed by atoms with Gasteiger partial charge >= 0.3 is 0 Å². The second-order valence-corrected chi connectivity index (χ2v) is 6.22. The van der Waals surface area contributed by atoms with Crippen molar-refractivity contribution in [2.45, 2.75) is 17.7 Å². The first-order chi connectivity index (χ1) is 8.65. The van der Waals surface area contributed by atoms with E-state index in [2.05, 4.69) is 44.0 Å². The van der Waals surface area contributed by atoms with Crippen LogP contribution in [0.3, 0.4) is 0 Å². The Kier molecular flexibility index (Phi) is 4.95. The van der Waals surface area contributed by atoms with Gasteiger partial charge in [-0.15, -0.1) is 0 Å². The molecule has 1 atom stereocenters. The van der Waals surface area contributed by atoms with Gasteiger partial charge in [0.2, 0.25) is 0 Å². The second kappa shape index (κ2) is 6.48. The van der Waals surface area contributed by atoms with Crippen LogP contribution in [0.1, 0.15) is 22.4 Å². The van der Waals surface area contributed by atoms with E-state index in [1.807, 2.05) is 24.3 Å². The Balaban J connectivity index is 1.99. The zero-order valence-electron chi connectivity index (χ0n) is 9.74. The quantitative estimate of drug-likeness (QED) is 0.608. The first-order valence-corrected chi connectivity index (χ1v) is 7.50. The molecule has 0 spiro atoms. The van der Waals surface area contributed by atoms with Crippen LogP contribution in [0.25, 0.3) is 0 Å². The lowest BCUT2D eigenvalue weighted by molar-refractivity contribution is 0.623. The van der Waals surface area contributed by atoms with E-state index in [1.54, 1.807) is 6.07 Å². The maximum Gasteiger partial charge on any atom is 0.124 e. The van der Waals surface area contributed by atoms with Gasteiger partial charge in [-0.05, 0) is 42.2 Å². The van der Waals surface area contributed by atoms with Gasteiger partial charge in [-0.3, -0.25) is 0 Å². The van der Waals surface area contributed by atoms with Crippen LogP contribution in [0.2, 0.25) is 0 Å². The number of halogens is 3. The standard InChI is InChI=1S/C15H13Br2F/c16-13-8-11(9-14(18)10-13)6-7-15(17)12-4-2-1-3-5-12/h1-5,8-10,15H,6-7H2. The highest BCUT2D eigenvalue weighted by Gasteiger charge is 2.07. The van der Waals surface area contributed by atoms with E-state index in [9.17, 15) is 4.39 Å². The summed E-state index contributed by atoms with van der Waals surface area (Å²) in [5.74, 6) is -0.190. The number of rotatable bonds is 4. The molecule has 2 aromatic rings. The normalized spacial score (nSPS) is 12.4. The molecule has 0 fully saturated rings. The van der Waals surface area contributed by atoms with Gasteiger partial charge in [0.15, 0.2) is 0 Å². The van der Waals surface area contributed by atoms with Gasteiger partial charge in [0.25, 0.3) is 0 Å². The van der Waals surface area contributed by atoms with Crippen molar-refractivity contribution in [2.24, 2.45) is 0 Å². The zero-order chi connectivity index (χ0) is 13.0. The monoisotopic (exact) mass is 370 g/mol. The summed E-state index contributed by atoms with van der Waals surface area (Å²) in [6.45, 7) is 0. The summed E-state index contributed by atoms with van der Waals surface area (Å²) in [4.78, 5) is 0.306. The lowest BCUT2D eigenvalue weighted by atomic mass is 10.0. The second-order valence-electron chi connectivity index (χ2n) is 4.19. The molecule has 0 aliphatic rings. The van der Waals surface area contributed by atoms with Crippen molar-refractivity contribution in [3.05, 3.63) is 69.9 Å². The molecule has 2 aromatic carbocycles. The van der Waals surface area contributed by atoms with E-state index in [-0.39, 0.29) is 5.82 Å². The summed E-state index contributed by atoms with van der Waals surface area (Å²) in [7, 11) is 0. The first kappa shape index (κ1) is 13.8. The highest BCUT2D eigenvalue weighted by Crippen LogP contribution is 2.28. The van der Waals surface area contributed by atoms with Crippen molar-refractivity contribution in [3.8, 4) is 0 Å². The predicted octanol–water partition coefficient (Wildman–Crippen LogP) is 5.66. The molecule has 0 aliphatic carbocycles. The Morgan fingerprint density at radius 1 is 1.06 bits per heavy atom. The fraction of sp³-hybridized carbons (Fsp3) is 0.200. The summed E-state index contributed by atoms with van der Waals surface area (Å²) in [5, 5.41) is 0. The Morgan fingerprint density at radius 2 is 1.78 bits per heavy atom. The highest BCUT2D eigenvalue weighted by molar-refractivity contribution is 9.10. The molecule has 1 unspecified atom stereocenters. The third-order valence-corrected chi connectivity index (χ3v) is 4.21. The number of alkyl halides is 1. The Morgan fingerprint density at radius 3 is 2.44 bits per heavy atom. The molecule has 3 heteroatoms. The summed E-state index contributed by atoms with van der Waals surface area (Å²) in [5.41, 5.74) is 2.27. The van der Waals surface area contributed by atoms with E-state index in [0.29, 0.717) is 4.83 Å². The van der Waals surface area contributed by atoms with Crippen LogP contribution in [0, 0.1) is 5.82 Å². The lowest BCUT2D eigenvalue weighted by Crippen LogP contribution is -1.94. The number of aryl methyl sites for hydroxylation is 1. The van der Waals surface area contributed by atoms with E-state index < -0.39 is 0 Å². The molecule has 0 bridgehead atoms. The van der Waals surface area contributed by atoms with Crippen LogP contribution in [0.4, 0.5) is 4.39 Å². The van der Waals surface area contributed by atoms with Crippen LogP contribution < -0.4 is 0 Å². The smallest absolute Gasteiger partial charge is 0.124 e. The average molecular weight is 372 g/mol. The van der Waals surface area contributed by atoms with Crippen molar-refractivity contribution < 1.29 is 4.39 Å². The molecule has 0 aromatic heterocycles. The molecule has 0 saturated carbocycles.